The van der Waals surface area contributed by atoms with E-state index >= 15 is 0 Å². The topological polar surface area (TPSA) is 79.0 Å². The molecule has 2 aromatic carbocycles. The minimum atomic E-state index is -0.307. The number of hydrogen-bond donors (Lipinski definition) is 1. The molecule has 4 rings (SSSR count). The molecule has 0 unspecified atom stereocenters. The van der Waals surface area contributed by atoms with Crippen LogP contribution in [0.25, 0.3) is 21.5 Å². The maximum absolute atomic E-state index is 13.1. The molecular weight excluding hydrogens is 451 g/mol. The van der Waals surface area contributed by atoms with Crippen molar-refractivity contribution >= 4 is 39.7 Å². The average Bonchev–Trinajstić information content (AvgIpc) is 3.22. The lowest BCUT2D eigenvalue weighted by atomic mass is 10.2. The molecule has 0 aliphatic rings. The summed E-state index contributed by atoms with van der Waals surface area (Å²) in [6.07, 6.45) is 0.884. The standard InChI is InChI=1S/C23H20ClFN4O2S/c1-2-9-29(12-20-27-19-10-15(24)5-8-18(19)22(31)28-20)21(30)11-17-13-32-23(26-17)14-3-6-16(25)7-4-14/h3-8,10,13H,2,9,11-12H2,1H3,(H,27,28,31). The SMILES string of the molecule is CCCN(Cc1nc2cc(Cl)ccc2c(=O)[nH]1)C(=O)Cc1csc(-c2ccc(F)cc2)n1. The van der Waals surface area contributed by atoms with Gasteiger partial charge >= 0.3 is 0 Å². The Kier molecular flexibility index (Phi) is 6.62. The molecule has 2 heterocycles. The van der Waals surface area contributed by atoms with E-state index in [9.17, 15) is 14.0 Å². The van der Waals surface area contributed by atoms with Crippen LogP contribution in [0, 0.1) is 5.82 Å². The number of nitrogens with zero attached hydrogens (tertiary/aromatic N) is 3. The lowest BCUT2D eigenvalue weighted by Crippen LogP contribution is -2.34. The number of aromatic nitrogens is 3. The number of fused-ring (bicyclic) bond motifs is 1. The molecule has 0 saturated heterocycles. The Morgan fingerprint density at radius 3 is 2.72 bits per heavy atom. The van der Waals surface area contributed by atoms with Crippen LogP contribution in [0.4, 0.5) is 4.39 Å². The fourth-order valence-electron chi connectivity index (χ4n) is 3.36. The summed E-state index contributed by atoms with van der Waals surface area (Å²) in [5.74, 6) is -0.0213. The predicted molar refractivity (Wildman–Crippen MR) is 124 cm³/mol. The zero-order valence-electron chi connectivity index (χ0n) is 17.3. The Morgan fingerprint density at radius 1 is 1.19 bits per heavy atom. The van der Waals surface area contributed by atoms with E-state index in [1.54, 1.807) is 35.2 Å². The number of H-pyrrole nitrogens is 1. The number of rotatable bonds is 7. The molecule has 4 aromatic rings. The molecule has 0 radical (unpaired) electrons. The first-order chi connectivity index (χ1) is 15.4. The molecule has 0 saturated carbocycles. The smallest absolute Gasteiger partial charge is 0.258 e. The summed E-state index contributed by atoms with van der Waals surface area (Å²) in [7, 11) is 0. The Bertz CT molecular complexity index is 1320. The third-order valence-electron chi connectivity index (χ3n) is 4.88. The van der Waals surface area contributed by atoms with Gasteiger partial charge in [-0.2, -0.15) is 0 Å². The molecule has 32 heavy (non-hydrogen) atoms. The molecule has 9 heteroatoms. The van der Waals surface area contributed by atoms with Crippen LogP contribution >= 0.6 is 22.9 Å². The van der Waals surface area contributed by atoms with Gasteiger partial charge in [0.25, 0.3) is 5.56 Å². The van der Waals surface area contributed by atoms with Gasteiger partial charge in [0.2, 0.25) is 5.91 Å². The normalized spacial score (nSPS) is 11.1. The van der Waals surface area contributed by atoms with Gasteiger partial charge in [0.15, 0.2) is 0 Å². The minimum absolute atomic E-state index is 0.114. The summed E-state index contributed by atoms with van der Waals surface area (Å²) in [5, 5.41) is 3.50. The molecule has 0 fully saturated rings. The first-order valence-corrected chi connectivity index (χ1v) is 11.3. The number of halogens is 2. The Balaban J connectivity index is 1.52. The molecule has 1 amide bonds. The number of benzene rings is 2. The quantitative estimate of drug-likeness (QED) is 0.420. The summed E-state index contributed by atoms with van der Waals surface area (Å²) in [4.78, 5) is 38.8. The van der Waals surface area contributed by atoms with Crippen molar-refractivity contribution in [2.75, 3.05) is 6.54 Å². The highest BCUT2D eigenvalue weighted by Crippen LogP contribution is 2.24. The van der Waals surface area contributed by atoms with E-state index in [2.05, 4.69) is 15.0 Å². The van der Waals surface area contributed by atoms with E-state index < -0.39 is 0 Å². The molecule has 164 valence electrons. The zero-order valence-corrected chi connectivity index (χ0v) is 18.8. The number of hydrogen-bond acceptors (Lipinski definition) is 5. The summed E-state index contributed by atoms with van der Waals surface area (Å²) < 4.78 is 13.1. The van der Waals surface area contributed by atoms with E-state index in [0.29, 0.717) is 34.0 Å². The first kappa shape index (κ1) is 22.1. The van der Waals surface area contributed by atoms with Gasteiger partial charge in [0.1, 0.15) is 16.6 Å². The molecule has 0 bridgehead atoms. The van der Waals surface area contributed by atoms with Crippen molar-refractivity contribution < 1.29 is 9.18 Å². The van der Waals surface area contributed by atoms with Gasteiger partial charge < -0.3 is 9.88 Å². The zero-order chi connectivity index (χ0) is 22.7. The van der Waals surface area contributed by atoms with Gasteiger partial charge in [-0.25, -0.2) is 14.4 Å². The van der Waals surface area contributed by atoms with Gasteiger partial charge in [-0.15, -0.1) is 11.3 Å². The molecule has 0 spiro atoms. The molecule has 0 atom stereocenters. The van der Waals surface area contributed by atoms with Crippen LogP contribution < -0.4 is 5.56 Å². The highest BCUT2D eigenvalue weighted by Gasteiger charge is 2.18. The van der Waals surface area contributed by atoms with Crippen LogP contribution in [-0.2, 0) is 17.8 Å². The Hall–Kier alpha value is -3.10. The van der Waals surface area contributed by atoms with Gasteiger partial charge in [0.05, 0.1) is 29.6 Å². The highest BCUT2D eigenvalue weighted by atomic mass is 35.5. The lowest BCUT2D eigenvalue weighted by molar-refractivity contribution is -0.131. The van der Waals surface area contributed by atoms with Crippen molar-refractivity contribution in [1.82, 2.24) is 19.9 Å². The second-order valence-electron chi connectivity index (χ2n) is 7.32. The number of thiazole rings is 1. The molecule has 1 N–H and O–H groups in total. The van der Waals surface area contributed by atoms with Gasteiger partial charge in [0, 0.05) is 22.5 Å². The van der Waals surface area contributed by atoms with Crippen LogP contribution in [0.1, 0.15) is 24.9 Å². The van der Waals surface area contributed by atoms with Crippen LogP contribution in [-0.4, -0.2) is 32.3 Å². The second kappa shape index (κ2) is 9.58. The van der Waals surface area contributed by atoms with Gasteiger partial charge in [-0.1, -0.05) is 18.5 Å². The van der Waals surface area contributed by atoms with Crippen LogP contribution in [0.15, 0.2) is 52.6 Å². The van der Waals surface area contributed by atoms with Gasteiger partial charge in [-0.05, 0) is 48.9 Å². The number of carbonyl (C=O) groups is 1. The third-order valence-corrected chi connectivity index (χ3v) is 6.06. The monoisotopic (exact) mass is 470 g/mol. The van der Waals surface area contributed by atoms with Crippen LogP contribution in [0.5, 0.6) is 0 Å². The fourth-order valence-corrected chi connectivity index (χ4v) is 4.35. The number of aromatic amines is 1. The van der Waals surface area contributed by atoms with Crippen molar-refractivity contribution in [2.45, 2.75) is 26.3 Å². The maximum Gasteiger partial charge on any atom is 0.258 e. The summed E-state index contributed by atoms with van der Waals surface area (Å²) >= 11 is 7.44. The second-order valence-corrected chi connectivity index (χ2v) is 8.61. The highest BCUT2D eigenvalue weighted by molar-refractivity contribution is 7.13. The van der Waals surface area contributed by atoms with E-state index in [4.69, 9.17) is 11.6 Å². The molecule has 0 aliphatic carbocycles. The number of amides is 1. The number of carbonyl (C=O) groups excluding carboxylic acids is 1. The van der Waals surface area contributed by atoms with E-state index in [1.165, 1.54) is 23.5 Å². The largest absolute Gasteiger partial charge is 0.335 e. The third kappa shape index (κ3) is 5.03. The molecule has 2 aromatic heterocycles. The predicted octanol–water partition coefficient (Wildman–Crippen LogP) is 4.82. The summed E-state index contributed by atoms with van der Waals surface area (Å²) in [6, 6.07) is 11.0. The first-order valence-electron chi connectivity index (χ1n) is 10.1. The maximum atomic E-state index is 13.1. The van der Waals surface area contributed by atoms with Crippen molar-refractivity contribution in [1.29, 1.82) is 0 Å². The van der Waals surface area contributed by atoms with Crippen LogP contribution in [0.2, 0.25) is 5.02 Å². The minimum Gasteiger partial charge on any atom is -0.335 e. The Labute approximate surface area is 192 Å². The van der Waals surface area contributed by atoms with Crippen LogP contribution in [0.3, 0.4) is 0 Å². The fraction of sp³-hybridized carbons (Fsp3) is 0.217. The van der Waals surface area contributed by atoms with E-state index in [1.807, 2.05) is 12.3 Å². The van der Waals surface area contributed by atoms with Gasteiger partial charge in [-0.3, -0.25) is 9.59 Å². The molecule has 6 nitrogen and oxygen atoms in total. The van der Waals surface area contributed by atoms with Crippen molar-refractivity contribution in [3.8, 4) is 10.6 Å². The molecule has 0 aliphatic heterocycles. The van der Waals surface area contributed by atoms with Crippen molar-refractivity contribution in [3.63, 3.8) is 0 Å². The summed E-state index contributed by atoms with van der Waals surface area (Å²) in [5.41, 5.74) is 1.67. The molecular formula is C23H20ClFN4O2S. The lowest BCUT2D eigenvalue weighted by Gasteiger charge is -2.21. The van der Waals surface area contributed by atoms with E-state index in [0.717, 1.165) is 17.0 Å². The number of nitrogens with one attached hydrogen (secondary N) is 1. The van der Waals surface area contributed by atoms with Crippen molar-refractivity contribution in [2.24, 2.45) is 0 Å². The summed E-state index contributed by atoms with van der Waals surface area (Å²) in [6.45, 7) is 2.68. The average molecular weight is 471 g/mol. The van der Waals surface area contributed by atoms with Crippen molar-refractivity contribution in [3.05, 3.63) is 80.6 Å². The Morgan fingerprint density at radius 2 is 1.97 bits per heavy atom. The van der Waals surface area contributed by atoms with E-state index in [-0.39, 0.29) is 30.2 Å².